The van der Waals surface area contributed by atoms with Crippen molar-refractivity contribution in [3.63, 3.8) is 0 Å². The monoisotopic (exact) mass is 323 g/mol. The Kier molecular flexibility index (Phi) is 4.63. The molecule has 0 fully saturated rings. The number of amidine groups is 2. The Morgan fingerprint density at radius 3 is 1.67 bits per heavy atom. The van der Waals surface area contributed by atoms with Gasteiger partial charge in [-0.25, -0.2) is 22.6 Å². The molecule has 1 aliphatic heterocycles. The number of nitrogens with two attached hydrogens (primary N) is 1. The molecule has 1 aliphatic rings. The summed E-state index contributed by atoms with van der Waals surface area (Å²) < 4.78 is 100. The third kappa shape index (κ3) is 3.70. The van der Waals surface area contributed by atoms with Crippen LogP contribution in [0.1, 0.15) is 12.8 Å². The maximum Gasteiger partial charge on any atom is 0.311 e. The molecule has 120 valence electrons. The fraction of sp³-hybridized carbons (Fsp3) is 0.600. The number of alkyl halides is 8. The summed E-state index contributed by atoms with van der Waals surface area (Å²) >= 11 is 0. The number of rotatable bonds is 6. The van der Waals surface area contributed by atoms with E-state index in [0.717, 1.165) is 0 Å². The third-order valence-corrected chi connectivity index (χ3v) is 2.66. The number of nitrogens with one attached hydrogen (secondary N) is 1. The Hall–Kier alpha value is -1.68. The molecule has 0 aromatic heterocycles. The number of hydrogen-bond donors (Lipinski definition) is 2. The van der Waals surface area contributed by atoms with Crippen LogP contribution in [0.4, 0.5) is 35.1 Å². The highest BCUT2D eigenvalue weighted by Gasteiger charge is 2.47. The summed E-state index contributed by atoms with van der Waals surface area (Å²) in [5.74, 6) is -11.1. The zero-order chi connectivity index (χ0) is 16.6. The quantitative estimate of drug-likeness (QED) is 0.725. The normalized spacial score (nSPS) is 17.2. The molecule has 1 rings (SSSR count). The molecule has 0 atom stereocenters. The van der Waals surface area contributed by atoms with E-state index in [-0.39, 0.29) is 0 Å². The van der Waals surface area contributed by atoms with Crippen LogP contribution < -0.4 is 5.73 Å². The SMILES string of the molecule is N=C1N=C(N)C(CC(F)(F)C(F)F)=C1CC(F)(F)C(F)F. The average molecular weight is 323 g/mol. The van der Waals surface area contributed by atoms with Gasteiger partial charge >= 0.3 is 24.7 Å². The van der Waals surface area contributed by atoms with Crippen LogP contribution in [0.3, 0.4) is 0 Å². The number of aliphatic imine (C=N–C) groups is 1. The van der Waals surface area contributed by atoms with E-state index in [9.17, 15) is 35.1 Å². The minimum Gasteiger partial charge on any atom is -0.383 e. The van der Waals surface area contributed by atoms with Gasteiger partial charge in [0.15, 0.2) is 5.84 Å². The van der Waals surface area contributed by atoms with Crippen molar-refractivity contribution in [2.75, 3.05) is 0 Å². The zero-order valence-electron chi connectivity index (χ0n) is 10.1. The maximum absolute atomic E-state index is 13.0. The lowest BCUT2D eigenvalue weighted by Gasteiger charge is -2.19. The highest BCUT2D eigenvalue weighted by molar-refractivity contribution is 6.19. The van der Waals surface area contributed by atoms with E-state index in [4.69, 9.17) is 11.1 Å². The molecule has 0 aliphatic carbocycles. The minimum absolute atomic E-state index is 0.833. The molecule has 0 bridgehead atoms. The van der Waals surface area contributed by atoms with Gasteiger partial charge in [-0.3, -0.25) is 5.41 Å². The van der Waals surface area contributed by atoms with E-state index in [1.165, 1.54) is 0 Å². The predicted molar refractivity (Wildman–Crippen MR) is 57.5 cm³/mol. The Labute approximate surface area is 113 Å². The first kappa shape index (κ1) is 17.4. The molecular formula is C10H9F8N3. The standard InChI is InChI=1S/C10H9F8N3/c11-7(12)9(15,16)1-3-4(6(20)21-5(3)19)2-10(17,18)8(13)14/h7-8H,1-2H2,(H3,19,20,21). The van der Waals surface area contributed by atoms with Gasteiger partial charge in [0.05, 0.1) is 0 Å². The summed E-state index contributed by atoms with van der Waals surface area (Å²) in [6.07, 6.45) is -11.8. The molecule has 0 saturated heterocycles. The molecule has 21 heavy (non-hydrogen) atoms. The van der Waals surface area contributed by atoms with Crippen molar-refractivity contribution < 1.29 is 35.1 Å². The topological polar surface area (TPSA) is 62.2 Å². The van der Waals surface area contributed by atoms with E-state index in [2.05, 4.69) is 4.99 Å². The van der Waals surface area contributed by atoms with E-state index in [0.29, 0.717) is 0 Å². The zero-order valence-corrected chi connectivity index (χ0v) is 10.1. The summed E-state index contributed by atoms with van der Waals surface area (Å²) in [5.41, 5.74) is 3.18. The van der Waals surface area contributed by atoms with Crippen LogP contribution in [0.25, 0.3) is 0 Å². The predicted octanol–water partition coefficient (Wildman–Crippen LogP) is 3.21. The van der Waals surface area contributed by atoms with Gasteiger partial charge in [0.1, 0.15) is 5.84 Å². The molecule has 3 N–H and O–H groups in total. The van der Waals surface area contributed by atoms with Gasteiger partial charge in [0.2, 0.25) is 0 Å². The molecule has 0 radical (unpaired) electrons. The first-order chi connectivity index (χ1) is 9.38. The fourth-order valence-electron chi connectivity index (χ4n) is 1.57. The lowest BCUT2D eigenvalue weighted by Crippen LogP contribution is -2.31. The van der Waals surface area contributed by atoms with Crippen LogP contribution in [0.15, 0.2) is 16.1 Å². The number of nitrogens with zero attached hydrogens (tertiary/aromatic N) is 1. The van der Waals surface area contributed by atoms with Crippen molar-refractivity contribution in [1.82, 2.24) is 0 Å². The van der Waals surface area contributed by atoms with E-state index in [1.54, 1.807) is 0 Å². The molecular weight excluding hydrogens is 314 g/mol. The van der Waals surface area contributed by atoms with Crippen molar-refractivity contribution in [2.45, 2.75) is 37.5 Å². The van der Waals surface area contributed by atoms with E-state index >= 15 is 0 Å². The second kappa shape index (κ2) is 5.60. The van der Waals surface area contributed by atoms with Gasteiger partial charge in [-0.2, -0.15) is 17.6 Å². The van der Waals surface area contributed by atoms with Crippen LogP contribution in [-0.4, -0.2) is 36.4 Å². The number of hydrogen-bond acceptors (Lipinski definition) is 2. The molecule has 1 heterocycles. The van der Waals surface area contributed by atoms with Crippen LogP contribution in [0, 0.1) is 5.41 Å². The summed E-state index contributed by atoms with van der Waals surface area (Å²) in [4.78, 5) is 3.09. The Bertz CT molecular complexity index is 495. The van der Waals surface area contributed by atoms with Crippen molar-refractivity contribution in [1.29, 1.82) is 5.41 Å². The van der Waals surface area contributed by atoms with Crippen molar-refractivity contribution >= 4 is 11.7 Å². The van der Waals surface area contributed by atoms with Gasteiger partial charge in [-0.15, -0.1) is 0 Å². The maximum atomic E-state index is 13.0. The van der Waals surface area contributed by atoms with Crippen molar-refractivity contribution in [3.05, 3.63) is 11.1 Å². The molecule has 0 saturated carbocycles. The smallest absolute Gasteiger partial charge is 0.311 e. The molecule has 0 aromatic rings. The number of halogens is 8. The Morgan fingerprint density at radius 1 is 0.905 bits per heavy atom. The summed E-state index contributed by atoms with van der Waals surface area (Å²) in [6.45, 7) is 0. The third-order valence-electron chi connectivity index (χ3n) is 2.66. The highest BCUT2D eigenvalue weighted by atomic mass is 19.3. The molecule has 0 spiro atoms. The summed E-state index contributed by atoms with van der Waals surface area (Å²) in [5, 5.41) is 7.17. The summed E-state index contributed by atoms with van der Waals surface area (Å²) in [7, 11) is 0. The van der Waals surface area contributed by atoms with E-state index < -0.39 is 60.4 Å². The second-order valence-electron chi connectivity index (χ2n) is 4.28. The van der Waals surface area contributed by atoms with Gasteiger partial charge in [0.25, 0.3) is 0 Å². The summed E-state index contributed by atoms with van der Waals surface area (Å²) in [6, 6.07) is 0. The average Bonchev–Trinajstić information content (AvgIpc) is 2.55. The van der Waals surface area contributed by atoms with Crippen molar-refractivity contribution in [3.8, 4) is 0 Å². The Balaban J connectivity index is 3.14. The van der Waals surface area contributed by atoms with Crippen LogP contribution in [0.2, 0.25) is 0 Å². The molecule has 3 nitrogen and oxygen atoms in total. The largest absolute Gasteiger partial charge is 0.383 e. The van der Waals surface area contributed by atoms with Crippen molar-refractivity contribution in [2.24, 2.45) is 10.7 Å². The van der Waals surface area contributed by atoms with Crippen LogP contribution >= 0.6 is 0 Å². The molecule has 0 aromatic carbocycles. The van der Waals surface area contributed by atoms with Gasteiger partial charge in [-0.1, -0.05) is 0 Å². The first-order valence-corrected chi connectivity index (χ1v) is 5.36. The van der Waals surface area contributed by atoms with Gasteiger partial charge in [0, 0.05) is 24.0 Å². The first-order valence-electron chi connectivity index (χ1n) is 5.36. The molecule has 11 heteroatoms. The van der Waals surface area contributed by atoms with Crippen LogP contribution in [-0.2, 0) is 0 Å². The molecule has 0 amide bonds. The lowest BCUT2D eigenvalue weighted by atomic mass is 9.97. The Morgan fingerprint density at radius 2 is 1.29 bits per heavy atom. The van der Waals surface area contributed by atoms with Crippen LogP contribution in [0.5, 0.6) is 0 Å². The lowest BCUT2D eigenvalue weighted by molar-refractivity contribution is -0.129. The fourth-order valence-corrected chi connectivity index (χ4v) is 1.57. The molecule has 0 unspecified atom stereocenters. The minimum atomic E-state index is -4.62. The van der Waals surface area contributed by atoms with Gasteiger partial charge in [-0.05, 0) is 0 Å². The van der Waals surface area contributed by atoms with E-state index in [1.807, 2.05) is 0 Å². The highest BCUT2D eigenvalue weighted by Crippen LogP contribution is 2.38. The van der Waals surface area contributed by atoms with Gasteiger partial charge < -0.3 is 5.73 Å². The second-order valence-corrected chi connectivity index (χ2v) is 4.28.